The Labute approximate surface area is 177 Å². The van der Waals surface area contributed by atoms with Crippen molar-refractivity contribution >= 4 is 15.9 Å². The maximum absolute atomic E-state index is 12.9. The van der Waals surface area contributed by atoms with E-state index in [1.165, 1.54) is 17.7 Å². The standard InChI is InChI=1S/C24H24N2O3S/c27-24(26-23-15-7-11-19-10-4-5-14-22(19)23)20-12-6-13-21(16-20)30(28,29)25-17-18-8-2-1-3-9-18/h1-6,8-10,12-14,16,23,25H,7,11,15,17H2,(H,26,27). The van der Waals surface area contributed by atoms with Gasteiger partial charge in [0.25, 0.3) is 5.91 Å². The summed E-state index contributed by atoms with van der Waals surface area (Å²) in [6, 6.07) is 23.6. The van der Waals surface area contributed by atoms with E-state index in [1.807, 2.05) is 48.5 Å². The van der Waals surface area contributed by atoms with Gasteiger partial charge in [0.1, 0.15) is 0 Å². The molecule has 0 saturated carbocycles. The highest BCUT2D eigenvalue weighted by molar-refractivity contribution is 7.89. The van der Waals surface area contributed by atoms with E-state index in [9.17, 15) is 13.2 Å². The summed E-state index contributed by atoms with van der Waals surface area (Å²) in [6.45, 7) is 0.193. The molecule has 1 aliphatic carbocycles. The summed E-state index contributed by atoms with van der Waals surface area (Å²) >= 11 is 0. The van der Waals surface area contributed by atoms with E-state index < -0.39 is 10.0 Å². The van der Waals surface area contributed by atoms with Crippen molar-refractivity contribution in [2.45, 2.75) is 36.7 Å². The molecule has 3 aromatic carbocycles. The van der Waals surface area contributed by atoms with Gasteiger partial charge < -0.3 is 5.32 Å². The lowest BCUT2D eigenvalue weighted by atomic mass is 9.87. The first-order valence-electron chi connectivity index (χ1n) is 10.1. The Balaban J connectivity index is 1.48. The molecule has 1 unspecified atom stereocenters. The number of amides is 1. The molecule has 1 amide bonds. The highest BCUT2D eigenvalue weighted by atomic mass is 32.2. The van der Waals surface area contributed by atoms with Crippen molar-refractivity contribution in [2.24, 2.45) is 0 Å². The van der Waals surface area contributed by atoms with Gasteiger partial charge in [-0.3, -0.25) is 4.79 Å². The number of hydrogen-bond acceptors (Lipinski definition) is 3. The average Bonchev–Trinajstić information content (AvgIpc) is 2.79. The fourth-order valence-corrected chi connectivity index (χ4v) is 4.87. The van der Waals surface area contributed by atoms with Crippen LogP contribution in [0.25, 0.3) is 0 Å². The van der Waals surface area contributed by atoms with Crippen LogP contribution in [-0.2, 0) is 23.0 Å². The van der Waals surface area contributed by atoms with E-state index in [4.69, 9.17) is 0 Å². The molecule has 0 aliphatic heterocycles. The molecule has 0 radical (unpaired) electrons. The number of rotatable bonds is 6. The van der Waals surface area contributed by atoms with Gasteiger partial charge in [0.15, 0.2) is 0 Å². The summed E-state index contributed by atoms with van der Waals surface area (Å²) in [5, 5.41) is 3.07. The van der Waals surface area contributed by atoms with Crippen molar-refractivity contribution in [3.05, 3.63) is 101 Å². The van der Waals surface area contributed by atoms with Crippen LogP contribution in [-0.4, -0.2) is 14.3 Å². The average molecular weight is 421 g/mol. The number of benzene rings is 3. The quantitative estimate of drug-likeness (QED) is 0.634. The third-order valence-corrected chi connectivity index (χ3v) is 6.79. The predicted octanol–water partition coefficient (Wildman–Crippen LogP) is 3.97. The Morgan fingerprint density at radius 1 is 0.933 bits per heavy atom. The van der Waals surface area contributed by atoms with E-state index in [1.54, 1.807) is 12.1 Å². The smallest absolute Gasteiger partial charge is 0.251 e. The summed E-state index contributed by atoms with van der Waals surface area (Å²) in [4.78, 5) is 12.9. The molecule has 4 rings (SSSR count). The predicted molar refractivity (Wildman–Crippen MR) is 116 cm³/mol. The maximum Gasteiger partial charge on any atom is 0.251 e. The Morgan fingerprint density at radius 3 is 2.53 bits per heavy atom. The van der Waals surface area contributed by atoms with Crippen LogP contribution < -0.4 is 10.0 Å². The molecule has 6 heteroatoms. The summed E-state index contributed by atoms with van der Waals surface area (Å²) in [5.74, 6) is -0.267. The van der Waals surface area contributed by atoms with Crippen LogP contribution >= 0.6 is 0 Å². The molecule has 0 aromatic heterocycles. The number of nitrogens with one attached hydrogen (secondary N) is 2. The minimum Gasteiger partial charge on any atom is -0.345 e. The molecule has 0 spiro atoms. The molecule has 0 bridgehead atoms. The lowest BCUT2D eigenvalue weighted by molar-refractivity contribution is 0.0932. The van der Waals surface area contributed by atoms with Crippen molar-refractivity contribution in [1.29, 1.82) is 0 Å². The summed E-state index contributed by atoms with van der Waals surface area (Å²) < 4.78 is 28.0. The molecule has 2 N–H and O–H groups in total. The zero-order valence-electron chi connectivity index (χ0n) is 16.5. The summed E-state index contributed by atoms with van der Waals surface area (Å²) in [5.41, 5.74) is 3.60. The molecule has 0 heterocycles. The minimum atomic E-state index is -3.73. The number of fused-ring (bicyclic) bond motifs is 1. The fraction of sp³-hybridized carbons (Fsp3) is 0.208. The molecule has 0 saturated heterocycles. The molecule has 5 nitrogen and oxygen atoms in total. The van der Waals surface area contributed by atoms with Crippen LogP contribution in [0.3, 0.4) is 0 Å². The van der Waals surface area contributed by atoms with Gasteiger partial charge in [0, 0.05) is 12.1 Å². The van der Waals surface area contributed by atoms with Gasteiger partial charge in [-0.15, -0.1) is 0 Å². The van der Waals surface area contributed by atoms with Crippen LogP contribution in [0.15, 0.2) is 83.8 Å². The normalized spacial score (nSPS) is 15.9. The lowest BCUT2D eigenvalue weighted by Gasteiger charge is -2.26. The lowest BCUT2D eigenvalue weighted by Crippen LogP contribution is -2.31. The van der Waals surface area contributed by atoms with Crippen molar-refractivity contribution in [2.75, 3.05) is 0 Å². The SMILES string of the molecule is O=C(NC1CCCc2ccccc21)c1cccc(S(=O)(=O)NCc2ccccc2)c1. The van der Waals surface area contributed by atoms with Crippen molar-refractivity contribution in [3.8, 4) is 0 Å². The molecule has 30 heavy (non-hydrogen) atoms. The molecule has 154 valence electrons. The Kier molecular flexibility index (Phi) is 5.97. The van der Waals surface area contributed by atoms with Crippen molar-refractivity contribution in [1.82, 2.24) is 10.0 Å². The first kappa shape index (κ1) is 20.3. The Hall–Kier alpha value is -2.96. The highest BCUT2D eigenvalue weighted by Crippen LogP contribution is 2.29. The highest BCUT2D eigenvalue weighted by Gasteiger charge is 2.23. The van der Waals surface area contributed by atoms with Crippen LogP contribution in [0.5, 0.6) is 0 Å². The Bertz CT molecular complexity index is 1140. The summed E-state index contributed by atoms with van der Waals surface area (Å²) in [7, 11) is -3.73. The largest absolute Gasteiger partial charge is 0.345 e. The van der Waals surface area contributed by atoms with Gasteiger partial charge in [-0.25, -0.2) is 13.1 Å². The molecule has 3 aromatic rings. The zero-order valence-corrected chi connectivity index (χ0v) is 17.4. The van der Waals surface area contributed by atoms with E-state index in [0.29, 0.717) is 5.56 Å². The van der Waals surface area contributed by atoms with Crippen LogP contribution in [0.1, 0.15) is 45.9 Å². The summed E-state index contributed by atoms with van der Waals surface area (Å²) in [6.07, 6.45) is 2.91. The molecule has 1 aliphatic rings. The van der Waals surface area contributed by atoms with Gasteiger partial charge in [-0.05, 0) is 54.2 Å². The monoisotopic (exact) mass is 420 g/mol. The van der Waals surface area contributed by atoms with Gasteiger partial charge in [-0.1, -0.05) is 60.7 Å². The van der Waals surface area contributed by atoms with Crippen LogP contribution in [0.4, 0.5) is 0 Å². The van der Waals surface area contributed by atoms with Crippen molar-refractivity contribution in [3.63, 3.8) is 0 Å². The molecular weight excluding hydrogens is 396 g/mol. The second kappa shape index (κ2) is 8.81. The molecule has 1 atom stereocenters. The van der Waals surface area contributed by atoms with E-state index in [2.05, 4.69) is 16.1 Å². The molecule has 0 fully saturated rings. The van der Waals surface area contributed by atoms with E-state index in [-0.39, 0.29) is 23.4 Å². The number of hydrogen-bond donors (Lipinski definition) is 2. The Morgan fingerprint density at radius 2 is 1.70 bits per heavy atom. The second-order valence-corrected chi connectivity index (χ2v) is 9.22. The van der Waals surface area contributed by atoms with E-state index >= 15 is 0 Å². The zero-order chi connectivity index (χ0) is 21.0. The van der Waals surface area contributed by atoms with Crippen LogP contribution in [0.2, 0.25) is 0 Å². The second-order valence-electron chi connectivity index (χ2n) is 7.46. The number of carbonyl (C=O) groups is 1. The third-order valence-electron chi connectivity index (χ3n) is 5.39. The topological polar surface area (TPSA) is 75.3 Å². The maximum atomic E-state index is 12.9. The van der Waals surface area contributed by atoms with Gasteiger partial charge >= 0.3 is 0 Å². The number of aryl methyl sites for hydroxylation is 1. The van der Waals surface area contributed by atoms with E-state index in [0.717, 1.165) is 30.4 Å². The number of carbonyl (C=O) groups excluding carboxylic acids is 1. The van der Waals surface area contributed by atoms with Crippen LogP contribution in [0, 0.1) is 0 Å². The van der Waals surface area contributed by atoms with Crippen molar-refractivity contribution < 1.29 is 13.2 Å². The van der Waals surface area contributed by atoms with Gasteiger partial charge in [0.2, 0.25) is 10.0 Å². The third kappa shape index (κ3) is 4.61. The van der Waals surface area contributed by atoms with Gasteiger partial charge in [0.05, 0.1) is 10.9 Å². The fourth-order valence-electron chi connectivity index (χ4n) is 3.81. The number of sulfonamides is 1. The minimum absolute atomic E-state index is 0.0566. The first-order valence-corrected chi connectivity index (χ1v) is 11.5. The van der Waals surface area contributed by atoms with Gasteiger partial charge in [-0.2, -0.15) is 0 Å². The molecular formula is C24H24N2O3S. The first-order chi connectivity index (χ1) is 14.5.